The fraction of sp³-hybridized carbons (Fsp3) is 0.333. The fourth-order valence-electron chi connectivity index (χ4n) is 3.59. The first-order chi connectivity index (χ1) is 14.1. The highest BCUT2D eigenvalue weighted by Gasteiger charge is 2.29. The van der Waals surface area contributed by atoms with Gasteiger partial charge in [0, 0.05) is 29.6 Å². The zero-order valence-electron chi connectivity index (χ0n) is 17.2. The lowest BCUT2D eigenvalue weighted by Crippen LogP contribution is -2.41. The molecular weight excluding hydrogens is 362 g/mol. The van der Waals surface area contributed by atoms with Gasteiger partial charge in [0.15, 0.2) is 0 Å². The third-order valence-electron chi connectivity index (χ3n) is 5.72. The van der Waals surface area contributed by atoms with Crippen molar-refractivity contribution in [2.24, 2.45) is 0 Å². The number of nitrogens with one attached hydrogen (secondary N) is 1. The highest BCUT2D eigenvalue weighted by molar-refractivity contribution is 6.07. The molecule has 1 aromatic heterocycles. The van der Waals surface area contributed by atoms with Gasteiger partial charge in [0.1, 0.15) is 5.75 Å². The smallest absolute Gasteiger partial charge is 0.252 e. The van der Waals surface area contributed by atoms with Crippen LogP contribution < -0.4 is 10.1 Å². The molecule has 1 saturated carbocycles. The number of para-hydroxylation sites is 1. The van der Waals surface area contributed by atoms with Gasteiger partial charge in [0.25, 0.3) is 5.91 Å². The first kappa shape index (κ1) is 19.4. The lowest BCUT2D eigenvalue weighted by Gasteiger charge is -2.24. The van der Waals surface area contributed by atoms with Gasteiger partial charge in [-0.15, -0.1) is 0 Å². The molecule has 5 heteroatoms. The van der Waals surface area contributed by atoms with Crippen LogP contribution in [0, 0.1) is 0 Å². The second-order valence-corrected chi connectivity index (χ2v) is 7.76. The number of benzene rings is 2. The van der Waals surface area contributed by atoms with Gasteiger partial charge >= 0.3 is 0 Å². The Morgan fingerprint density at radius 2 is 1.93 bits per heavy atom. The highest BCUT2D eigenvalue weighted by Crippen LogP contribution is 2.28. The van der Waals surface area contributed by atoms with Crippen molar-refractivity contribution in [3.05, 3.63) is 60.2 Å². The topological polar surface area (TPSA) is 54.5 Å². The van der Waals surface area contributed by atoms with Crippen LogP contribution in [-0.4, -0.2) is 48.6 Å². The maximum atomic E-state index is 13.1. The number of hydrogen-bond acceptors (Lipinski definition) is 4. The molecule has 0 bridgehead atoms. The van der Waals surface area contributed by atoms with Crippen molar-refractivity contribution in [2.75, 3.05) is 20.7 Å². The molecule has 1 fully saturated rings. The SMILES string of the molecule is COc1ccc(-c2cc(C(=O)NCC(C)N(C)C3CC3)c3ccccc3n2)cc1. The summed E-state index contributed by atoms with van der Waals surface area (Å²) in [5, 5.41) is 3.99. The van der Waals surface area contributed by atoms with E-state index in [1.165, 1.54) is 12.8 Å². The van der Waals surface area contributed by atoms with Crippen LogP contribution in [0.2, 0.25) is 0 Å². The Morgan fingerprint density at radius 1 is 1.21 bits per heavy atom. The molecule has 150 valence electrons. The van der Waals surface area contributed by atoms with Crippen molar-refractivity contribution < 1.29 is 9.53 Å². The number of fused-ring (bicyclic) bond motifs is 1. The van der Waals surface area contributed by atoms with Gasteiger partial charge in [-0.1, -0.05) is 18.2 Å². The van der Waals surface area contributed by atoms with Crippen molar-refractivity contribution in [1.29, 1.82) is 0 Å². The number of amides is 1. The molecule has 2 aromatic carbocycles. The number of likely N-dealkylation sites (N-methyl/N-ethyl adjacent to an activating group) is 1. The number of ether oxygens (including phenoxy) is 1. The van der Waals surface area contributed by atoms with Crippen LogP contribution in [0.3, 0.4) is 0 Å². The van der Waals surface area contributed by atoms with Gasteiger partial charge in [0.05, 0.1) is 23.9 Å². The molecule has 1 aliphatic carbocycles. The van der Waals surface area contributed by atoms with Gasteiger partial charge in [-0.2, -0.15) is 0 Å². The Balaban J connectivity index is 1.62. The molecule has 0 spiro atoms. The number of hydrogen-bond donors (Lipinski definition) is 1. The Hall–Kier alpha value is -2.92. The van der Waals surface area contributed by atoms with Gasteiger partial charge in [-0.25, -0.2) is 4.98 Å². The summed E-state index contributed by atoms with van der Waals surface area (Å²) < 4.78 is 5.24. The van der Waals surface area contributed by atoms with E-state index in [2.05, 4.69) is 24.2 Å². The van der Waals surface area contributed by atoms with Crippen molar-refractivity contribution >= 4 is 16.8 Å². The third-order valence-corrected chi connectivity index (χ3v) is 5.72. The van der Waals surface area contributed by atoms with E-state index >= 15 is 0 Å². The minimum atomic E-state index is -0.0607. The summed E-state index contributed by atoms with van der Waals surface area (Å²) in [6.07, 6.45) is 2.52. The lowest BCUT2D eigenvalue weighted by atomic mass is 10.0. The highest BCUT2D eigenvalue weighted by atomic mass is 16.5. The van der Waals surface area contributed by atoms with Crippen LogP contribution in [-0.2, 0) is 0 Å². The summed E-state index contributed by atoms with van der Waals surface area (Å²) in [7, 11) is 3.78. The minimum absolute atomic E-state index is 0.0607. The molecular formula is C24H27N3O2. The monoisotopic (exact) mass is 389 g/mol. The zero-order valence-corrected chi connectivity index (χ0v) is 17.2. The number of rotatable bonds is 7. The molecule has 29 heavy (non-hydrogen) atoms. The zero-order chi connectivity index (χ0) is 20.4. The summed E-state index contributed by atoms with van der Waals surface area (Å²) in [6.45, 7) is 2.78. The number of nitrogens with zero attached hydrogens (tertiary/aromatic N) is 2. The molecule has 1 N–H and O–H groups in total. The minimum Gasteiger partial charge on any atom is -0.497 e. The number of carbonyl (C=O) groups excluding carboxylic acids is 1. The van der Waals surface area contributed by atoms with E-state index in [1.54, 1.807) is 7.11 Å². The molecule has 4 rings (SSSR count). The Bertz CT molecular complexity index is 1010. The predicted octanol–water partition coefficient (Wildman–Crippen LogP) is 4.12. The van der Waals surface area contributed by atoms with Crippen LogP contribution >= 0.6 is 0 Å². The van der Waals surface area contributed by atoms with Crippen LogP contribution in [0.4, 0.5) is 0 Å². The normalized spacial score (nSPS) is 14.8. The van der Waals surface area contributed by atoms with Crippen molar-refractivity contribution in [3.8, 4) is 17.0 Å². The van der Waals surface area contributed by atoms with E-state index in [0.717, 1.165) is 27.9 Å². The number of pyridine rings is 1. The van der Waals surface area contributed by atoms with E-state index in [0.29, 0.717) is 24.2 Å². The Labute approximate surface area is 171 Å². The van der Waals surface area contributed by atoms with Crippen molar-refractivity contribution in [3.63, 3.8) is 0 Å². The molecule has 1 amide bonds. The van der Waals surface area contributed by atoms with Gasteiger partial charge < -0.3 is 10.1 Å². The third kappa shape index (κ3) is 4.25. The van der Waals surface area contributed by atoms with E-state index in [1.807, 2.05) is 54.6 Å². The van der Waals surface area contributed by atoms with Gasteiger partial charge in [0.2, 0.25) is 0 Å². The van der Waals surface area contributed by atoms with Crippen LogP contribution in [0.25, 0.3) is 22.2 Å². The number of carbonyl (C=O) groups is 1. The molecule has 1 aliphatic rings. The van der Waals surface area contributed by atoms with E-state index in [4.69, 9.17) is 9.72 Å². The quantitative estimate of drug-likeness (QED) is 0.660. The largest absolute Gasteiger partial charge is 0.497 e. The summed E-state index contributed by atoms with van der Waals surface area (Å²) in [5.74, 6) is 0.732. The molecule has 1 heterocycles. The average molecular weight is 389 g/mol. The summed E-state index contributed by atoms with van der Waals surface area (Å²) in [4.78, 5) is 20.2. The van der Waals surface area contributed by atoms with Crippen molar-refractivity contribution in [1.82, 2.24) is 15.2 Å². The van der Waals surface area contributed by atoms with Crippen LogP contribution in [0.5, 0.6) is 5.75 Å². The standard InChI is InChI=1S/C24H27N3O2/c1-16(27(2)18-10-11-18)15-25-24(28)21-14-23(17-8-12-19(29-3)13-9-17)26-22-7-5-4-6-20(21)22/h4-9,12-14,16,18H,10-11,15H2,1-3H3,(H,25,28). The maximum absolute atomic E-state index is 13.1. The summed E-state index contributed by atoms with van der Waals surface area (Å²) >= 11 is 0. The first-order valence-corrected chi connectivity index (χ1v) is 10.1. The second kappa shape index (κ2) is 8.21. The molecule has 5 nitrogen and oxygen atoms in total. The van der Waals surface area contributed by atoms with Gasteiger partial charge in [-0.3, -0.25) is 9.69 Å². The van der Waals surface area contributed by atoms with Gasteiger partial charge in [-0.05, 0) is 63.2 Å². The van der Waals surface area contributed by atoms with Crippen LogP contribution in [0.1, 0.15) is 30.1 Å². The Morgan fingerprint density at radius 3 is 2.62 bits per heavy atom. The maximum Gasteiger partial charge on any atom is 0.252 e. The van der Waals surface area contributed by atoms with Crippen molar-refractivity contribution in [2.45, 2.75) is 31.8 Å². The molecule has 0 radical (unpaired) electrons. The molecule has 1 atom stereocenters. The lowest BCUT2D eigenvalue weighted by molar-refractivity contribution is 0.0941. The Kier molecular flexibility index (Phi) is 5.49. The fourth-order valence-corrected chi connectivity index (χ4v) is 3.59. The number of aromatic nitrogens is 1. The molecule has 1 unspecified atom stereocenters. The predicted molar refractivity (Wildman–Crippen MR) is 116 cm³/mol. The molecule has 3 aromatic rings. The van der Waals surface area contributed by atoms with E-state index in [9.17, 15) is 4.79 Å². The number of methoxy groups -OCH3 is 1. The summed E-state index contributed by atoms with van der Waals surface area (Å²) in [6, 6.07) is 18.4. The summed E-state index contributed by atoms with van der Waals surface area (Å²) in [5.41, 5.74) is 3.20. The van der Waals surface area contributed by atoms with Crippen LogP contribution in [0.15, 0.2) is 54.6 Å². The second-order valence-electron chi connectivity index (χ2n) is 7.76. The average Bonchev–Trinajstić information content (AvgIpc) is 3.61. The molecule has 0 saturated heterocycles. The van der Waals surface area contributed by atoms with E-state index < -0.39 is 0 Å². The van der Waals surface area contributed by atoms with E-state index in [-0.39, 0.29) is 5.91 Å². The molecule has 0 aliphatic heterocycles. The first-order valence-electron chi connectivity index (χ1n) is 10.1.